The molecule has 94 valence electrons. The lowest BCUT2D eigenvalue weighted by atomic mass is 10.2. The fraction of sp³-hybridized carbons (Fsp3) is 0.667. The van der Waals surface area contributed by atoms with Gasteiger partial charge in [-0.1, -0.05) is 6.92 Å². The van der Waals surface area contributed by atoms with E-state index in [0.717, 1.165) is 38.4 Å². The van der Waals surface area contributed by atoms with Crippen LogP contribution in [0.2, 0.25) is 0 Å². The van der Waals surface area contributed by atoms with Crippen LogP contribution in [-0.2, 0) is 11.3 Å². The first-order valence-electron chi connectivity index (χ1n) is 6.11. The largest absolute Gasteiger partial charge is 0.390 e. The zero-order chi connectivity index (χ0) is 12.1. The average Bonchev–Trinajstić information content (AvgIpc) is 2.64. The van der Waals surface area contributed by atoms with Crippen LogP contribution in [0.25, 0.3) is 0 Å². The lowest BCUT2D eigenvalue weighted by Crippen LogP contribution is -2.32. The van der Waals surface area contributed by atoms with Crippen LogP contribution in [0.5, 0.6) is 0 Å². The molecule has 0 aliphatic carbocycles. The third-order valence-corrected chi connectivity index (χ3v) is 2.98. The Bertz CT molecular complexity index is 342. The smallest absolute Gasteiger partial charge is 0.147 e. The van der Waals surface area contributed by atoms with Gasteiger partial charge in [0.05, 0.1) is 30.8 Å². The van der Waals surface area contributed by atoms with E-state index in [0.29, 0.717) is 5.69 Å². The fourth-order valence-electron chi connectivity index (χ4n) is 1.94. The van der Waals surface area contributed by atoms with Gasteiger partial charge in [-0.3, -0.25) is 4.98 Å². The highest BCUT2D eigenvalue weighted by Gasteiger charge is 2.18. The second-order valence-electron chi connectivity index (χ2n) is 4.22. The van der Waals surface area contributed by atoms with Crippen molar-refractivity contribution in [3.8, 4) is 0 Å². The predicted molar refractivity (Wildman–Crippen MR) is 64.8 cm³/mol. The van der Waals surface area contributed by atoms with Crippen molar-refractivity contribution in [2.75, 3.05) is 24.6 Å². The molecule has 1 atom stereocenters. The Labute approximate surface area is 101 Å². The van der Waals surface area contributed by atoms with Gasteiger partial charge in [-0.25, -0.2) is 4.98 Å². The number of nitrogens with zero attached hydrogens (tertiary/aromatic N) is 3. The van der Waals surface area contributed by atoms with Gasteiger partial charge in [-0.2, -0.15) is 0 Å². The minimum absolute atomic E-state index is 0.0615. The van der Waals surface area contributed by atoms with Gasteiger partial charge < -0.3 is 14.7 Å². The van der Waals surface area contributed by atoms with E-state index >= 15 is 0 Å². The first-order chi connectivity index (χ1) is 8.33. The lowest BCUT2D eigenvalue weighted by Gasteiger charge is -2.23. The normalized spacial score (nSPS) is 21.3. The molecule has 1 N–H and O–H groups in total. The maximum absolute atomic E-state index is 8.93. The molecule has 1 aliphatic rings. The molecule has 0 radical (unpaired) electrons. The van der Waals surface area contributed by atoms with E-state index in [2.05, 4.69) is 21.8 Å². The minimum atomic E-state index is -0.0615. The van der Waals surface area contributed by atoms with Crippen molar-refractivity contribution in [1.29, 1.82) is 0 Å². The monoisotopic (exact) mass is 237 g/mol. The number of hydrogen-bond acceptors (Lipinski definition) is 5. The Kier molecular flexibility index (Phi) is 4.28. The number of hydrogen-bond donors (Lipinski definition) is 1. The molecule has 0 spiro atoms. The van der Waals surface area contributed by atoms with Crippen molar-refractivity contribution < 1.29 is 9.84 Å². The average molecular weight is 237 g/mol. The Balaban J connectivity index is 2.08. The molecule has 1 aromatic heterocycles. The highest BCUT2D eigenvalue weighted by molar-refractivity contribution is 5.36. The number of aromatic nitrogens is 2. The van der Waals surface area contributed by atoms with Crippen LogP contribution in [0.4, 0.5) is 5.82 Å². The number of aliphatic hydroxyl groups excluding tert-OH is 1. The topological polar surface area (TPSA) is 58.5 Å². The van der Waals surface area contributed by atoms with Gasteiger partial charge in [-0.05, 0) is 12.8 Å². The van der Waals surface area contributed by atoms with Crippen molar-refractivity contribution in [2.45, 2.75) is 32.5 Å². The van der Waals surface area contributed by atoms with E-state index in [1.54, 1.807) is 12.4 Å². The van der Waals surface area contributed by atoms with Crippen LogP contribution in [-0.4, -0.2) is 40.9 Å². The zero-order valence-corrected chi connectivity index (χ0v) is 10.2. The third-order valence-electron chi connectivity index (χ3n) is 2.98. The first kappa shape index (κ1) is 12.3. The van der Waals surface area contributed by atoms with Crippen molar-refractivity contribution in [2.24, 2.45) is 0 Å². The summed E-state index contributed by atoms with van der Waals surface area (Å²) in [6, 6.07) is 0. The highest BCUT2D eigenvalue weighted by Crippen LogP contribution is 2.15. The van der Waals surface area contributed by atoms with Crippen molar-refractivity contribution in [3.63, 3.8) is 0 Å². The predicted octanol–water partition coefficient (Wildman–Crippen LogP) is 0.974. The molecule has 5 nitrogen and oxygen atoms in total. The van der Waals surface area contributed by atoms with E-state index in [1.165, 1.54) is 0 Å². The number of anilines is 1. The Morgan fingerprint density at radius 3 is 3.00 bits per heavy atom. The minimum Gasteiger partial charge on any atom is -0.390 e. The molecule has 5 heteroatoms. The fourth-order valence-corrected chi connectivity index (χ4v) is 1.94. The summed E-state index contributed by atoms with van der Waals surface area (Å²) in [6.45, 7) is 4.70. The van der Waals surface area contributed by atoms with Crippen molar-refractivity contribution in [3.05, 3.63) is 18.1 Å². The Hall–Kier alpha value is -1.20. The summed E-state index contributed by atoms with van der Waals surface area (Å²) < 4.78 is 5.72. The van der Waals surface area contributed by atoms with Crippen LogP contribution in [0, 0.1) is 0 Å². The molecule has 1 aromatic rings. The number of aliphatic hydroxyl groups is 1. The van der Waals surface area contributed by atoms with Gasteiger partial charge in [0.1, 0.15) is 5.82 Å². The molecule has 2 heterocycles. The molecule has 0 amide bonds. The first-order valence-corrected chi connectivity index (χ1v) is 6.11. The van der Waals surface area contributed by atoms with E-state index in [4.69, 9.17) is 9.84 Å². The molecule has 1 unspecified atom stereocenters. The quantitative estimate of drug-likeness (QED) is 0.849. The van der Waals surface area contributed by atoms with E-state index in [9.17, 15) is 0 Å². The van der Waals surface area contributed by atoms with Crippen LogP contribution < -0.4 is 4.90 Å². The molecule has 0 saturated carbocycles. The standard InChI is InChI=1S/C12H19N3O2/c1-2-11-8-15(4-3-5-17-11)12-7-13-10(9-16)6-14-12/h6-7,11,16H,2-5,8-9H2,1H3. The van der Waals surface area contributed by atoms with Crippen molar-refractivity contribution >= 4 is 5.82 Å². The molecule has 1 saturated heterocycles. The van der Waals surface area contributed by atoms with Gasteiger partial charge >= 0.3 is 0 Å². The van der Waals surface area contributed by atoms with Crippen LogP contribution in [0.1, 0.15) is 25.5 Å². The van der Waals surface area contributed by atoms with Gasteiger partial charge in [0, 0.05) is 19.7 Å². The SMILES string of the molecule is CCC1CN(c2cnc(CO)cn2)CCCO1. The molecule has 1 aliphatic heterocycles. The summed E-state index contributed by atoms with van der Waals surface area (Å²) in [6.07, 6.45) is 5.65. The van der Waals surface area contributed by atoms with Gasteiger partial charge in [0.15, 0.2) is 0 Å². The summed E-state index contributed by atoms with van der Waals surface area (Å²) in [5.41, 5.74) is 0.604. The summed E-state index contributed by atoms with van der Waals surface area (Å²) in [4.78, 5) is 10.7. The van der Waals surface area contributed by atoms with Crippen LogP contribution in [0.3, 0.4) is 0 Å². The molecular formula is C12H19N3O2. The molecule has 2 rings (SSSR count). The molecule has 0 bridgehead atoms. The summed E-state index contributed by atoms with van der Waals surface area (Å²) in [7, 11) is 0. The van der Waals surface area contributed by atoms with E-state index in [1.807, 2.05) is 0 Å². The Morgan fingerprint density at radius 2 is 2.35 bits per heavy atom. The molecule has 1 fully saturated rings. The van der Waals surface area contributed by atoms with Crippen molar-refractivity contribution in [1.82, 2.24) is 9.97 Å². The summed E-state index contributed by atoms with van der Waals surface area (Å²) in [5, 5.41) is 8.93. The lowest BCUT2D eigenvalue weighted by molar-refractivity contribution is 0.0664. The second-order valence-corrected chi connectivity index (χ2v) is 4.22. The Morgan fingerprint density at radius 1 is 1.47 bits per heavy atom. The van der Waals surface area contributed by atoms with Gasteiger partial charge in [0.2, 0.25) is 0 Å². The maximum atomic E-state index is 8.93. The summed E-state index contributed by atoms with van der Waals surface area (Å²) >= 11 is 0. The van der Waals surface area contributed by atoms with Gasteiger partial charge in [0.25, 0.3) is 0 Å². The molecule has 0 aromatic carbocycles. The number of ether oxygens (including phenoxy) is 1. The number of rotatable bonds is 3. The third kappa shape index (κ3) is 3.14. The van der Waals surface area contributed by atoms with E-state index < -0.39 is 0 Å². The second kappa shape index (κ2) is 5.93. The van der Waals surface area contributed by atoms with E-state index in [-0.39, 0.29) is 12.7 Å². The highest BCUT2D eigenvalue weighted by atomic mass is 16.5. The zero-order valence-electron chi connectivity index (χ0n) is 10.2. The molecule has 17 heavy (non-hydrogen) atoms. The van der Waals surface area contributed by atoms with Crippen LogP contribution in [0.15, 0.2) is 12.4 Å². The van der Waals surface area contributed by atoms with Gasteiger partial charge in [-0.15, -0.1) is 0 Å². The summed E-state index contributed by atoms with van der Waals surface area (Å²) in [5.74, 6) is 0.867. The maximum Gasteiger partial charge on any atom is 0.147 e. The van der Waals surface area contributed by atoms with Crippen LogP contribution >= 0.6 is 0 Å². The molecular weight excluding hydrogens is 218 g/mol.